The maximum atomic E-state index is 6.04. The van der Waals surface area contributed by atoms with Gasteiger partial charge in [0.25, 0.3) is 0 Å². The number of halogens is 2. The first-order chi connectivity index (χ1) is 19.1. The summed E-state index contributed by atoms with van der Waals surface area (Å²) in [5, 5.41) is 2.24. The van der Waals surface area contributed by atoms with Crippen LogP contribution < -0.4 is 0 Å². The molecule has 0 aliphatic carbocycles. The molecule has 0 radical (unpaired) electrons. The van der Waals surface area contributed by atoms with Crippen molar-refractivity contribution in [2.75, 3.05) is 0 Å². The van der Waals surface area contributed by atoms with Crippen molar-refractivity contribution in [3.8, 4) is 45.0 Å². The van der Waals surface area contributed by atoms with Crippen molar-refractivity contribution in [3.05, 3.63) is 130 Å². The molecule has 0 aliphatic rings. The standard InChI is InChI=1S/C34H20Br2N2O/c35-26-16-25(17-27(36)19-26)31-20-30(37-34(38-31)21-7-2-1-3-8-21)24-10-6-9-22(15-24)23-13-14-33-29(18-23)28-11-4-5-12-32(28)39-33/h1-20H. The third-order valence-electron chi connectivity index (χ3n) is 6.78. The monoisotopic (exact) mass is 630 g/mol. The highest BCUT2D eigenvalue weighted by atomic mass is 79.9. The Balaban J connectivity index is 1.37. The number of para-hydroxylation sites is 1. The lowest BCUT2D eigenvalue weighted by Crippen LogP contribution is -1.96. The van der Waals surface area contributed by atoms with Crippen molar-refractivity contribution in [1.29, 1.82) is 0 Å². The number of hydrogen-bond donors (Lipinski definition) is 0. The number of hydrogen-bond acceptors (Lipinski definition) is 3. The van der Waals surface area contributed by atoms with Crippen molar-refractivity contribution < 1.29 is 4.42 Å². The van der Waals surface area contributed by atoms with E-state index in [1.54, 1.807) is 0 Å². The lowest BCUT2D eigenvalue weighted by Gasteiger charge is -2.11. The molecule has 0 aliphatic heterocycles. The minimum absolute atomic E-state index is 0.691. The van der Waals surface area contributed by atoms with Crippen LogP contribution in [0.5, 0.6) is 0 Å². The fourth-order valence-corrected chi connectivity index (χ4v) is 6.22. The van der Waals surface area contributed by atoms with Gasteiger partial charge in [-0.3, -0.25) is 0 Å². The Hall–Kier alpha value is -4.06. The van der Waals surface area contributed by atoms with E-state index in [9.17, 15) is 0 Å². The fourth-order valence-electron chi connectivity index (χ4n) is 4.92. The van der Waals surface area contributed by atoms with Gasteiger partial charge in [-0.05, 0) is 59.7 Å². The summed E-state index contributed by atoms with van der Waals surface area (Å²) in [5.74, 6) is 0.691. The normalized spacial score (nSPS) is 11.3. The van der Waals surface area contributed by atoms with Gasteiger partial charge in [0.2, 0.25) is 0 Å². The molecule has 0 atom stereocenters. The number of fused-ring (bicyclic) bond motifs is 3. The van der Waals surface area contributed by atoms with E-state index in [0.717, 1.165) is 70.1 Å². The average molecular weight is 632 g/mol. The van der Waals surface area contributed by atoms with Gasteiger partial charge in [0.05, 0.1) is 11.4 Å². The van der Waals surface area contributed by atoms with Crippen LogP contribution in [0.1, 0.15) is 0 Å². The van der Waals surface area contributed by atoms with Crippen molar-refractivity contribution in [3.63, 3.8) is 0 Å². The van der Waals surface area contributed by atoms with Gasteiger partial charge in [-0.25, -0.2) is 9.97 Å². The van der Waals surface area contributed by atoms with Gasteiger partial charge in [0.15, 0.2) is 5.82 Å². The molecule has 2 heterocycles. The van der Waals surface area contributed by atoms with Crippen LogP contribution in [-0.2, 0) is 0 Å². The molecule has 7 rings (SSSR count). The van der Waals surface area contributed by atoms with Gasteiger partial charge in [0, 0.05) is 36.4 Å². The molecule has 2 aromatic heterocycles. The highest BCUT2D eigenvalue weighted by molar-refractivity contribution is 9.11. The average Bonchev–Trinajstić information content (AvgIpc) is 3.35. The predicted octanol–water partition coefficient (Wildman–Crippen LogP) is 10.6. The molecule has 0 spiro atoms. The van der Waals surface area contributed by atoms with Gasteiger partial charge in [0.1, 0.15) is 11.2 Å². The summed E-state index contributed by atoms with van der Waals surface area (Å²) in [5.41, 5.74) is 8.77. The zero-order chi connectivity index (χ0) is 26.3. The van der Waals surface area contributed by atoms with Crippen molar-refractivity contribution in [2.45, 2.75) is 0 Å². The summed E-state index contributed by atoms with van der Waals surface area (Å²) < 4.78 is 8.01. The molecule has 0 fully saturated rings. The molecule has 0 N–H and O–H groups in total. The van der Waals surface area contributed by atoms with Crippen molar-refractivity contribution >= 4 is 53.8 Å². The molecule has 7 aromatic rings. The molecule has 0 saturated carbocycles. The third kappa shape index (κ3) is 4.69. The van der Waals surface area contributed by atoms with E-state index in [2.05, 4.69) is 98.6 Å². The maximum Gasteiger partial charge on any atom is 0.160 e. The zero-order valence-electron chi connectivity index (χ0n) is 20.6. The molecule has 0 amide bonds. The van der Waals surface area contributed by atoms with Gasteiger partial charge >= 0.3 is 0 Å². The Bertz CT molecular complexity index is 1980. The lowest BCUT2D eigenvalue weighted by atomic mass is 9.99. The van der Waals surface area contributed by atoms with Crippen LogP contribution in [0.25, 0.3) is 67.0 Å². The Morgan fingerprint density at radius 1 is 0.436 bits per heavy atom. The Morgan fingerprint density at radius 2 is 1.08 bits per heavy atom. The van der Waals surface area contributed by atoms with E-state index in [1.165, 1.54) is 0 Å². The number of aromatic nitrogens is 2. The molecular formula is C34H20Br2N2O. The number of furan rings is 1. The molecule has 3 nitrogen and oxygen atoms in total. The molecule has 5 aromatic carbocycles. The van der Waals surface area contributed by atoms with Crippen LogP contribution in [0.15, 0.2) is 135 Å². The van der Waals surface area contributed by atoms with E-state index in [0.29, 0.717) is 5.82 Å². The second-order valence-corrected chi connectivity index (χ2v) is 11.2. The summed E-state index contributed by atoms with van der Waals surface area (Å²) in [4.78, 5) is 9.97. The molecule has 0 bridgehead atoms. The maximum absolute atomic E-state index is 6.04. The number of benzene rings is 5. The first kappa shape index (κ1) is 24.0. The molecular weight excluding hydrogens is 612 g/mol. The second-order valence-electron chi connectivity index (χ2n) is 9.38. The minimum Gasteiger partial charge on any atom is -0.456 e. The van der Waals surface area contributed by atoms with E-state index in [-0.39, 0.29) is 0 Å². The summed E-state index contributed by atoms with van der Waals surface area (Å²) >= 11 is 7.24. The van der Waals surface area contributed by atoms with E-state index in [1.807, 2.05) is 54.6 Å². The molecule has 0 unspecified atom stereocenters. The van der Waals surface area contributed by atoms with Gasteiger partial charge in [-0.15, -0.1) is 0 Å². The summed E-state index contributed by atoms with van der Waals surface area (Å²) in [6, 6.07) is 41.4. The first-order valence-corrected chi connectivity index (χ1v) is 14.1. The van der Waals surface area contributed by atoms with Crippen LogP contribution >= 0.6 is 31.9 Å². The zero-order valence-corrected chi connectivity index (χ0v) is 23.8. The number of nitrogens with zero attached hydrogens (tertiary/aromatic N) is 2. The van der Waals surface area contributed by atoms with Gasteiger partial charge in [-0.2, -0.15) is 0 Å². The molecule has 5 heteroatoms. The lowest BCUT2D eigenvalue weighted by molar-refractivity contribution is 0.669. The molecule has 186 valence electrons. The fraction of sp³-hybridized carbons (Fsp3) is 0. The van der Waals surface area contributed by atoms with Gasteiger partial charge in [-0.1, -0.05) is 105 Å². The van der Waals surface area contributed by atoms with Crippen LogP contribution in [0.3, 0.4) is 0 Å². The van der Waals surface area contributed by atoms with Crippen molar-refractivity contribution in [1.82, 2.24) is 9.97 Å². The summed E-state index contributed by atoms with van der Waals surface area (Å²) in [6.45, 7) is 0. The van der Waals surface area contributed by atoms with Crippen LogP contribution in [0, 0.1) is 0 Å². The van der Waals surface area contributed by atoms with Crippen LogP contribution in [0.2, 0.25) is 0 Å². The Kier molecular flexibility index (Phi) is 6.11. The Labute approximate surface area is 242 Å². The third-order valence-corrected chi connectivity index (χ3v) is 7.70. The highest BCUT2D eigenvalue weighted by Gasteiger charge is 2.13. The van der Waals surface area contributed by atoms with Crippen LogP contribution in [0.4, 0.5) is 0 Å². The summed E-state index contributed by atoms with van der Waals surface area (Å²) in [7, 11) is 0. The largest absolute Gasteiger partial charge is 0.456 e. The predicted molar refractivity (Wildman–Crippen MR) is 166 cm³/mol. The minimum atomic E-state index is 0.691. The summed E-state index contributed by atoms with van der Waals surface area (Å²) in [6.07, 6.45) is 0. The molecule has 39 heavy (non-hydrogen) atoms. The smallest absolute Gasteiger partial charge is 0.160 e. The second kappa shape index (κ2) is 9.92. The van der Waals surface area contributed by atoms with Crippen LogP contribution in [-0.4, -0.2) is 9.97 Å². The van der Waals surface area contributed by atoms with E-state index >= 15 is 0 Å². The quantitative estimate of drug-likeness (QED) is 0.194. The Morgan fingerprint density at radius 3 is 1.90 bits per heavy atom. The highest BCUT2D eigenvalue weighted by Crippen LogP contribution is 2.35. The molecule has 0 saturated heterocycles. The van der Waals surface area contributed by atoms with E-state index < -0.39 is 0 Å². The first-order valence-electron chi connectivity index (χ1n) is 12.5. The number of rotatable bonds is 4. The topological polar surface area (TPSA) is 38.9 Å². The SMILES string of the molecule is Brc1cc(Br)cc(-c2cc(-c3cccc(-c4ccc5oc6ccccc6c5c4)c3)nc(-c3ccccc3)n2)c1. The van der Waals surface area contributed by atoms with Gasteiger partial charge < -0.3 is 4.42 Å². The van der Waals surface area contributed by atoms with Crippen molar-refractivity contribution in [2.24, 2.45) is 0 Å². The van der Waals surface area contributed by atoms with E-state index in [4.69, 9.17) is 14.4 Å².